The number of hydrogen-bond donors (Lipinski definition) is 0. The number of carbonyl (C=O) groups is 1. The zero-order valence-electron chi connectivity index (χ0n) is 18.7. The number of aromatic nitrogens is 3. The minimum Gasteiger partial charge on any atom is -0.465 e. The number of esters is 1. The number of hydrogen-bond acceptors (Lipinski definition) is 5. The third kappa shape index (κ3) is 3.80. The van der Waals surface area contributed by atoms with E-state index < -0.39 is 0 Å². The van der Waals surface area contributed by atoms with E-state index in [1.54, 1.807) is 12.1 Å². The van der Waals surface area contributed by atoms with Crippen LogP contribution >= 0.6 is 0 Å². The third-order valence-corrected chi connectivity index (χ3v) is 5.85. The lowest BCUT2D eigenvalue weighted by molar-refractivity contribution is 0.0600. The van der Waals surface area contributed by atoms with Gasteiger partial charge in [-0.05, 0) is 43.2 Å². The van der Waals surface area contributed by atoms with Gasteiger partial charge in [0.15, 0.2) is 0 Å². The molecule has 0 unspecified atom stereocenters. The van der Waals surface area contributed by atoms with Crippen LogP contribution < -0.4 is 0 Å². The van der Waals surface area contributed by atoms with Crippen molar-refractivity contribution in [2.45, 2.75) is 20.4 Å². The maximum atomic E-state index is 11.8. The Morgan fingerprint density at radius 1 is 1.03 bits per heavy atom. The summed E-state index contributed by atoms with van der Waals surface area (Å²) >= 11 is 0. The Morgan fingerprint density at radius 2 is 1.79 bits per heavy atom. The quantitative estimate of drug-likeness (QED) is 0.325. The van der Waals surface area contributed by atoms with Gasteiger partial charge < -0.3 is 13.8 Å². The number of fused-ring (bicyclic) bond motifs is 1. The summed E-state index contributed by atoms with van der Waals surface area (Å²) in [4.78, 5) is 16.7. The molecular weight excluding hydrogens is 414 g/mol. The van der Waals surface area contributed by atoms with Gasteiger partial charge in [0, 0.05) is 35.6 Å². The van der Waals surface area contributed by atoms with E-state index in [4.69, 9.17) is 14.2 Å². The van der Waals surface area contributed by atoms with Gasteiger partial charge in [0.25, 0.3) is 0 Å². The molecule has 5 rings (SSSR count). The molecule has 0 saturated heterocycles. The molecule has 0 bridgehead atoms. The van der Waals surface area contributed by atoms with E-state index in [2.05, 4.69) is 34.1 Å². The van der Waals surface area contributed by atoms with Crippen LogP contribution in [0.15, 0.2) is 77.6 Å². The molecule has 0 fully saturated rings. The number of methoxy groups -OCH3 is 1. The van der Waals surface area contributed by atoms with E-state index in [0.29, 0.717) is 12.1 Å². The number of nitrogens with zero attached hydrogens (tertiary/aromatic N) is 3. The third-order valence-electron chi connectivity index (χ3n) is 5.85. The van der Waals surface area contributed by atoms with Crippen LogP contribution in [0, 0.1) is 13.8 Å². The van der Waals surface area contributed by atoms with Crippen molar-refractivity contribution in [3.63, 3.8) is 0 Å². The molecule has 0 radical (unpaired) electrons. The van der Waals surface area contributed by atoms with Gasteiger partial charge in [0.05, 0.1) is 29.4 Å². The van der Waals surface area contributed by atoms with E-state index in [-0.39, 0.29) is 5.97 Å². The first kappa shape index (κ1) is 20.7. The predicted molar refractivity (Wildman–Crippen MR) is 127 cm³/mol. The SMILES string of the molecule is COC(=O)c1ccc(-c2cn(Cc3ccccc3)c3cc(-c4c(C)noc4C)cnc23)cc1. The molecule has 164 valence electrons. The lowest BCUT2D eigenvalue weighted by atomic mass is 10.0. The maximum Gasteiger partial charge on any atom is 0.337 e. The van der Waals surface area contributed by atoms with Crippen molar-refractivity contribution in [2.75, 3.05) is 7.11 Å². The molecule has 0 aliphatic rings. The highest BCUT2D eigenvalue weighted by Gasteiger charge is 2.17. The number of rotatable bonds is 5. The van der Waals surface area contributed by atoms with Crippen LogP contribution in [0.5, 0.6) is 0 Å². The fraction of sp³-hybridized carbons (Fsp3) is 0.148. The Balaban J connectivity index is 1.66. The van der Waals surface area contributed by atoms with Gasteiger partial charge in [-0.25, -0.2) is 4.79 Å². The van der Waals surface area contributed by atoms with Crippen molar-refractivity contribution >= 4 is 17.0 Å². The number of benzene rings is 2. The number of ether oxygens (including phenoxy) is 1. The molecule has 5 aromatic rings. The Bertz CT molecular complexity index is 1430. The number of pyridine rings is 1. The van der Waals surface area contributed by atoms with Gasteiger partial charge in [-0.3, -0.25) is 4.98 Å². The molecule has 0 aliphatic heterocycles. The molecular formula is C27H23N3O3. The molecule has 33 heavy (non-hydrogen) atoms. The lowest BCUT2D eigenvalue weighted by Gasteiger charge is -2.07. The van der Waals surface area contributed by atoms with Gasteiger partial charge >= 0.3 is 5.97 Å². The van der Waals surface area contributed by atoms with Gasteiger partial charge in [-0.2, -0.15) is 0 Å². The summed E-state index contributed by atoms with van der Waals surface area (Å²) in [6, 6.07) is 19.9. The number of aryl methyl sites for hydroxylation is 2. The molecule has 0 N–H and O–H groups in total. The Kier molecular flexibility index (Phi) is 5.26. The second kappa shape index (κ2) is 8.39. The van der Waals surface area contributed by atoms with E-state index in [1.807, 2.05) is 50.4 Å². The molecule has 0 aliphatic carbocycles. The van der Waals surface area contributed by atoms with Crippen LogP contribution in [-0.4, -0.2) is 27.8 Å². The highest BCUT2D eigenvalue weighted by molar-refractivity contribution is 5.96. The summed E-state index contributed by atoms with van der Waals surface area (Å²) in [5, 5.41) is 4.10. The average Bonchev–Trinajstić information content (AvgIpc) is 3.38. The monoisotopic (exact) mass is 437 g/mol. The number of carbonyl (C=O) groups excluding carboxylic acids is 1. The summed E-state index contributed by atoms with van der Waals surface area (Å²) in [5.74, 6) is 0.420. The van der Waals surface area contributed by atoms with Crippen LogP contribution in [0.4, 0.5) is 0 Å². The van der Waals surface area contributed by atoms with Crippen LogP contribution in [0.25, 0.3) is 33.3 Å². The van der Waals surface area contributed by atoms with Crippen molar-refractivity contribution in [2.24, 2.45) is 0 Å². The van der Waals surface area contributed by atoms with E-state index in [9.17, 15) is 4.79 Å². The average molecular weight is 437 g/mol. The van der Waals surface area contributed by atoms with Crippen LogP contribution in [0.3, 0.4) is 0 Å². The first-order valence-electron chi connectivity index (χ1n) is 10.7. The lowest BCUT2D eigenvalue weighted by Crippen LogP contribution is -2.00. The standard InChI is InChI=1S/C27H23N3O3/c1-17-25(18(2)33-29-17)22-13-24-26(28-14-22)23(16-30(24)15-19-7-5-4-6-8-19)20-9-11-21(12-10-20)27(31)32-3/h4-14,16H,15H2,1-3H3. The smallest absolute Gasteiger partial charge is 0.337 e. The van der Waals surface area contributed by atoms with E-state index in [0.717, 1.165) is 44.7 Å². The van der Waals surface area contributed by atoms with Gasteiger partial charge in [-0.15, -0.1) is 0 Å². The molecule has 3 heterocycles. The topological polar surface area (TPSA) is 70.2 Å². The zero-order valence-corrected chi connectivity index (χ0v) is 18.7. The fourth-order valence-electron chi connectivity index (χ4n) is 4.22. The molecule has 6 heteroatoms. The second-order valence-electron chi connectivity index (χ2n) is 8.02. The summed E-state index contributed by atoms with van der Waals surface area (Å²) in [5.41, 5.74) is 8.40. The Labute approximate surface area is 191 Å². The Hall–Kier alpha value is -4.19. The van der Waals surface area contributed by atoms with Crippen molar-refractivity contribution in [1.82, 2.24) is 14.7 Å². The minimum atomic E-state index is -0.352. The molecule has 0 spiro atoms. The minimum absolute atomic E-state index is 0.352. The first-order valence-corrected chi connectivity index (χ1v) is 10.7. The summed E-state index contributed by atoms with van der Waals surface area (Å²) in [6.45, 7) is 4.56. The van der Waals surface area contributed by atoms with Gasteiger partial charge in [0.2, 0.25) is 0 Å². The molecule has 3 aromatic heterocycles. The van der Waals surface area contributed by atoms with Crippen LogP contribution in [0.2, 0.25) is 0 Å². The summed E-state index contributed by atoms with van der Waals surface area (Å²) in [6.07, 6.45) is 3.99. The van der Waals surface area contributed by atoms with Crippen molar-refractivity contribution in [3.8, 4) is 22.3 Å². The summed E-state index contributed by atoms with van der Waals surface area (Å²) < 4.78 is 12.4. The first-order chi connectivity index (χ1) is 16.0. The fourth-order valence-corrected chi connectivity index (χ4v) is 4.22. The highest BCUT2D eigenvalue weighted by Crippen LogP contribution is 2.34. The molecule has 6 nitrogen and oxygen atoms in total. The summed E-state index contributed by atoms with van der Waals surface area (Å²) in [7, 11) is 1.38. The highest BCUT2D eigenvalue weighted by atomic mass is 16.5. The second-order valence-corrected chi connectivity index (χ2v) is 8.02. The molecule has 0 amide bonds. The van der Waals surface area contributed by atoms with Gasteiger partial charge in [-0.1, -0.05) is 47.6 Å². The zero-order chi connectivity index (χ0) is 22.9. The molecule has 2 aromatic carbocycles. The van der Waals surface area contributed by atoms with E-state index >= 15 is 0 Å². The molecule has 0 atom stereocenters. The maximum absolute atomic E-state index is 11.8. The normalized spacial score (nSPS) is 11.1. The molecule has 0 saturated carbocycles. The van der Waals surface area contributed by atoms with Crippen LogP contribution in [0.1, 0.15) is 27.4 Å². The van der Waals surface area contributed by atoms with Crippen molar-refractivity contribution < 1.29 is 14.1 Å². The van der Waals surface area contributed by atoms with Crippen LogP contribution in [-0.2, 0) is 11.3 Å². The largest absolute Gasteiger partial charge is 0.465 e. The van der Waals surface area contributed by atoms with Crippen molar-refractivity contribution in [3.05, 3.63) is 95.6 Å². The van der Waals surface area contributed by atoms with Gasteiger partial charge in [0.1, 0.15) is 5.76 Å². The predicted octanol–water partition coefficient (Wildman–Crippen LogP) is 5.81. The van der Waals surface area contributed by atoms with Crippen molar-refractivity contribution in [1.29, 1.82) is 0 Å². The Morgan fingerprint density at radius 3 is 2.45 bits per heavy atom. The van der Waals surface area contributed by atoms with E-state index in [1.165, 1.54) is 12.7 Å².